The number of benzene rings is 2. The Bertz CT molecular complexity index is 765. The molecule has 2 aromatic rings. The van der Waals surface area contributed by atoms with Crippen molar-refractivity contribution in [2.45, 2.75) is 13.0 Å². The van der Waals surface area contributed by atoms with Crippen molar-refractivity contribution < 1.29 is 19.1 Å². The van der Waals surface area contributed by atoms with E-state index in [4.69, 9.17) is 44.3 Å². The molecule has 0 aliphatic rings. The number of rotatable bonds is 6. The lowest BCUT2D eigenvalue weighted by molar-refractivity contribution is -0.155. The Hall–Kier alpha value is -1.95. The largest absolute Gasteiger partial charge is 0.480 e. The predicted molar refractivity (Wildman–Crippen MR) is 97.6 cm³/mol. The van der Waals surface area contributed by atoms with Crippen molar-refractivity contribution in [1.82, 2.24) is 0 Å². The number of anilines is 1. The molecule has 132 valence electrons. The highest BCUT2D eigenvalue weighted by atomic mass is 35.5. The van der Waals surface area contributed by atoms with Crippen LogP contribution in [0.1, 0.15) is 6.92 Å². The zero-order valence-corrected chi connectivity index (χ0v) is 15.4. The number of carbonyl (C=O) groups excluding carboxylic acids is 2. The number of ether oxygens (including phenoxy) is 2. The highest BCUT2D eigenvalue weighted by Gasteiger charge is 2.18. The van der Waals surface area contributed by atoms with Crippen molar-refractivity contribution in [2.75, 3.05) is 11.9 Å². The van der Waals surface area contributed by atoms with Crippen LogP contribution in [0.4, 0.5) is 5.69 Å². The van der Waals surface area contributed by atoms with Crippen molar-refractivity contribution in [3.8, 4) is 5.75 Å². The third-order valence-electron chi connectivity index (χ3n) is 3.03. The molecular weight excluding hydrogens is 389 g/mol. The van der Waals surface area contributed by atoms with Gasteiger partial charge in [0.2, 0.25) is 0 Å². The monoisotopic (exact) mass is 401 g/mol. The number of esters is 1. The first-order valence-electron chi connectivity index (χ1n) is 7.19. The maximum atomic E-state index is 12.0. The summed E-state index contributed by atoms with van der Waals surface area (Å²) in [6, 6.07) is 11.2. The van der Waals surface area contributed by atoms with E-state index in [1.54, 1.807) is 30.3 Å². The van der Waals surface area contributed by atoms with Gasteiger partial charge in [-0.25, -0.2) is 4.79 Å². The Balaban J connectivity index is 1.82. The van der Waals surface area contributed by atoms with E-state index in [0.29, 0.717) is 21.5 Å². The summed E-state index contributed by atoms with van der Waals surface area (Å²) >= 11 is 17.5. The summed E-state index contributed by atoms with van der Waals surface area (Å²) in [7, 11) is 0. The van der Waals surface area contributed by atoms with Gasteiger partial charge in [0, 0.05) is 15.7 Å². The van der Waals surface area contributed by atoms with Crippen molar-refractivity contribution in [3.63, 3.8) is 0 Å². The van der Waals surface area contributed by atoms with Crippen LogP contribution in [0.25, 0.3) is 0 Å². The number of hydrogen-bond donors (Lipinski definition) is 1. The molecule has 0 bridgehead atoms. The standard InChI is InChI=1S/C17H14Cl3NO4/c1-10(17(23)21-13-5-2-11(18)3-6-13)25-16(22)9-24-15-7-4-12(19)8-14(15)20/h2-8,10H,9H2,1H3,(H,21,23)/t10-/m0/s1. The summed E-state index contributed by atoms with van der Waals surface area (Å²) in [4.78, 5) is 23.8. The lowest BCUT2D eigenvalue weighted by Crippen LogP contribution is -2.31. The average molecular weight is 403 g/mol. The predicted octanol–water partition coefficient (Wildman–Crippen LogP) is 4.60. The molecule has 25 heavy (non-hydrogen) atoms. The SMILES string of the molecule is C[C@H](OC(=O)COc1ccc(Cl)cc1Cl)C(=O)Nc1ccc(Cl)cc1. The van der Waals surface area contributed by atoms with E-state index >= 15 is 0 Å². The molecule has 0 fully saturated rings. The van der Waals surface area contributed by atoms with E-state index in [2.05, 4.69) is 5.32 Å². The van der Waals surface area contributed by atoms with Crippen LogP contribution < -0.4 is 10.1 Å². The van der Waals surface area contributed by atoms with E-state index < -0.39 is 18.0 Å². The van der Waals surface area contributed by atoms with Crippen LogP contribution in [0.5, 0.6) is 5.75 Å². The summed E-state index contributed by atoms with van der Waals surface area (Å²) < 4.78 is 10.3. The van der Waals surface area contributed by atoms with Gasteiger partial charge in [0.25, 0.3) is 5.91 Å². The van der Waals surface area contributed by atoms with Crippen LogP contribution in [-0.2, 0) is 14.3 Å². The molecule has 0 aromatic heterocycles. The first-order chi connectivity index (χ1) is 11.8. The fourth-order valence-corrected chi connectivity index (χ4v) is 2.38. The van der Waals surface area contributed by atoms with Gasteiger partial charge in [-0.05, 0) is 49.4 Å². The number of nitrogens with one attached hydrogen (secondary N) is 1. The quantitative estimate of drug-likeness (QED) is 0.717. The van der Waals surface area contributed by atoms with E-state index in [9.17, 15) is 9.59 Å². The zero-order valence-electron chi connectivity index (χ0n) is 13.1. The van der Waals surface area contributed by atoms with Gasteiger partial charge in [-0.15, -0.1) is 0 Å². The van der Waals surface area contributed by atoms with Crippen LogP contribution in [-0.4, -0.2) is 24.6 Å². The summed E-state index contributed by atoms with van der Waals surface area (Å²) in [6.45, 7) is 1.07. The van der Waals surface area contributed by atoms with E-state index in [-0.39, 0.29) is 11.6 Å². The molecule has 0 aliphatic heterocycles. The smallest absolute Gasteiger partial charge is 0.344 e. The molecule has 0 radical (unpaired) electrons. The Morgan fingerprint density at radius 3 is 2.32 bits per heavy atom. The van der Waals surface area contributed by atoms with Gasteiger partial charge in [0.1, 0.15) is 5.75 Å². The van der Waals surface area contributed by atoms with Gasteiger partial charge in [-0.1, -0.05) is 34.8 Å². The van der Waals surface area contributed by atoms with Crippen molar-refractivity contribution >= 4 is 52.4 Å². The number of halogens is 3. The van der Waals surface area contributed by atoms with Crippen LogP contribution in [0.2, 0.25) is 15.1 Å². The normalized spacial score (nSPS) is 11.5. The Morgan fingerprint density at radius 1 is 1.04 bits per heavy atom. The molecule has 0 spiro atoms. The van der Waals surface area contributed by atoms with Gasteiger partial charge in [-0.2, -0.15) is 0 Å². The van der Waals surface area contributed by atoms with Gasteiger partial charge < -0.3 is 14.8 Å². The highest BCUT2D eigenvalue weighted by molar-refractivity contribution is 6.35. The second-order valence-corrected chi connectivity index (χ2v) is 6.27. The van der Waals surface area contributed by atoms with E-state index in [0.717, 1.165) is 0 Å². The van der Waals surface area contributed by atoms with Gasteiger partial charge in [-0.3, -0.25) is 4.79 Å². The number of hydrogen-bond acceptors (Lipinski definition) is 4. The first-order valence-corrected chi connectivity index (χ1v) is 8.32. The van der Waals surface area contributed by atoms with Crippen molar-refractivity contribution in [2.24, 2.45) is 0 Å². The lowest BCUT2D eigenvalue weighted by atomic mass is 10.3. The third kappa shape index (κ3) is 6.12. The lowest BCUT2D eigenvalue weighted by Gasteiger charge is -2.14. The molecule has 5 nitrogen and oxygen atoms in total. The van der Waals surface area contributed by atoms with Crippen LogP contribution >= 0.6 is 34.8 Å². The summed E-state index contributed by atoms with van der Waals surface area (Å²) in [5.74, 6) is -0.883. The minimum Gasteiger partial charge on any atom is -0.480 e. The van der Waals surface area contributed by atoms with E-state index in [1.807, 2.05) is 0 Å². The number of amides is 1. The molecule has 0 saturated heterocycles. The molecule has 2 rings (SSSR count). The molecule has 8 heteroatoms. The van der Waals surface area contributed by atoms with Gasteiger partial charge in [0.15, 0.2) is 12.7 Å². The highest BCUT2D eigenvalue weighted by Crippen LogP contribution is 2.27. The molecule has 1 atom stereocenters. The van der Waals surface area contributed by atoms with E-state index in [1.165, 1.54) is 19.1 Å². The van der Waals surface area contributed by atoms with Crippen molar-refractivity contribution in [1.29, 1.82) is 0 Å². The van der Waals surface area contributed by atoms with Gasteiger partial charge in [0.05, 0.1) is 5.02 Å². The first kappa shape index (κ1) is 19.4. The average Bonchev–Trinajstić information content (AvgIpc) is 2.56. The van der Waals surface area contributed by atoms with Crippen LogP contribution in [0, 0.1) is 0 Å². The molecule has 2 aromatic carbocycles. The maximum Gasteiger partial charge on any atom is 0.344 e. The molecule has 0 unspecified atom stereocenters. The second-order valence-electron chi connectivity index (χ2n) is 4.99. The third-order valence-corrected chi connectivity index (χ3v) is 3.81. The minimum absolute atomic E-state index is 0.272. The second kappa shape index (κ2) is 8.94. The molecule has 0 heterocycles. The summed E-state index contributed by atoms with van der Waals surface area (Å²) in [5.41, 5.74) is 0.543. The maximum absolute atomic E-state index is 12.0. The molecule has 0 saturated carbocycles. The summed E-state index contributed by atoms with van der Waals surface area (Å²) in [6.07, 6.45) is -0.993. The zero-order chi connectivity index (χ0) is 18.4. The van der Waals surface area contributed by atoms with Gasteiger partial charge >= 0.3 is 5.97 Å². The molecule has 1 N–H and O–H groups in total. The fraction of sp³-hybridized carbons (Fsp3) is 0.176. The minimum atomic E-state index is -0.993. The summed E-state index contributed by atoms with van der Waals surface area (Å²) in [5, 5.41) is 3.89. The number of carbonyl (C=O) groups is 2. The molecular formula is C17H14Cl3NO4. The topological polar surface area (TPSA) is 64.6 Å². The Kier molecular flexibility index (Phi) is 6.93. The molecule has 1 amide bonds. The van der Waals surface area contributed by atoms with Crippen LogP contribution in [0.15, 0.2) is 42.5 Å². The Labute approximate surface area is 159 Å². The fourth-order valence-electron chi connectivity index (χ4n) is 1.79. The Morgan fingerprint density at radius 2 is 1.68 bits per heavy atom. The van der Waals surface area contributed by atoms with Crippen LogP contribution in [0.3, 0.4) is 0 Å². The van der Waals surface area contributed by atoms with Crippen molar-refractivity contribution in [3.05, 3.63) is 57.5 Å². The molecule has 0 aliphatic carbocycles.